The van der Waals surface area contributed by atoms with Crippen molar-refractivity contribution in [2.24, 2.45) is 5.10 Å². The largest absolute Gasteiger partial charge is 0.276 e. The number of benzene rings is 1. The third-order valence-corrected chi connectivity index (χ3v) is 4.94. The minimum absolute atomic E-state index is 0.248. The number of hydrogen-bond acceptors (Lipinski definition) is 4. The van der Waals surface area contributed by atoms with Crippen LogP contribution < -0.4 is 4.83 Å². The quantitative estimate of drug-likeness (QED) is 0.696. The van der Waals surface area contributed by atoms with Crippen molar-refractivity contribution in [1.29, 1.82) is 0 Å². The summed E-state index contributed by atoms with van der Waals surface area (Å²) in [4.78, 5) is 3.46. The van der Waals surface area contributed by atoms with Crippen molar-refractivity contribution in [1.82, 2.24) is 4.83 Å². The zero-order valence-corrected chi connectivity index (χ0v) is 12.3. The first kappa shape index (κ1) is 13.8. The molecule has 0 amide bonds. The molecule has 0 saturated carbocycles. The molecule has 0 atom stereocenters. The molecule has 1 aromatic heterocycles. The van der Waals surface area contributed by atoms with E-state index in [9.17, 15) is 8.42 Å². The van der Waals surface area contributed by atoms with E-state index in [1.807, 2.05) is 17.5 Å². The molecular weight excluding hydrogens is 280 g/mol. The van der Waals surface area contributed by atoms with Gasteiger partial charge in [-0.1, -0.05) is 24.3 Å². The van der Waals surface area contributed by atoms with Gasteiger partial charge >= 0.3 is 0 Å². The number of hydrazone groups is 1. The van der Waals surface area contributed by atoms with E-state index < -0.39 is 10.0 Å². The second kappa shape index (κ2) is 5.54. The molecule has 0 spiro atoms. The number of nitrogens with one attached hydrogen (secondary N) is 1. The number of aryl methyl sites for hydroxylation is 1. The van der Waals surface area contributed by atoms with Gasteiger partial charge < -0.3 is 0 Å². The number of thiophene rings is 1. The van der Waals surface area contributed by atoms with Gasteiger partial charge in [0, 0.05) is 0 Å². The van der Waals surface area contributed by atoms with Crippen LogP contribution in [0.1, 0.15) is 17.4 Å². The average molecular weight is 294 g/mol. The molecule has 0 unspecified atom stereocenters. The minimum Gasteiger partial charge on any atom is -0.200 e. The molecule has 100 valence electrons. The third kappa shape index (κ3) is 3.21. The van der Waals surface area contributed by atoms with Crippen LogP contribution in [0.2, 0.25) is 0 Å². The third-order valence-electron chi connectivity index (χ3n) is 2.59. The summed E-state index contributed by atoms with van der Waals surface area (Å²) >= 11 is 1.51. The lowest BCUT2D eigenvalue weighted by atomic mass is 10.2. The number of sulfonamides is 1. The molecule has 4 nitrogen and oxygen atoms in total. The van der Waals surface area contributed by atoms with Crippen molar-refractivity contribution >= 4 is 27.1 Å². The zero-order chi connectivity index (χ0) is 13.9. The molecule has 0 bridgehead atoms. The van der Waals surface area contributed by atoms with Gasteiger partial charge in [0.15, 0.2) is 0 Å². The van der Waals surface area contributed by atoms with E-state index in [1.54, 1.807) is 38.1 Å². The summed E-state index contributed by atoms with van der Waals surface area (Å²) in [6.07, 6.45) is 0. The molecule has 1 aromatic carbocycles. The maximum Gasteiger partial charge on any atom is 0.276 e. The Morgan fingerprint density at radius 1 is 1.21 bits per heavy atom. The fourth-order valence-corrected chi connectivity index (χ4v) is 3.36. The Morgan fingerprint density at radius 3 is 2.58 bits per heavy atom. The Kier molecular flexibility index (Phi) is 4.01. The second-order valence-electron chi connectivity index (χ2n) is 4.03. The van der Waals surface area contributed by atoms with Crippen molar-refractivity contribution in [3.63, 3.8) is 0 Å². The molecule has 6 heteroatoms. The first-order chi connectivity index (χ1) is 9.00. The number of rotatable bonds is 4. The van der Waals surface area contributed by atoms with Crippen LogP contribution >= 0.6 is 11.3 Å². The summed E-state index contributed by atoms with van der Waals surface area (Å²) < 4.78 is 24.2. The minimum atomic E-state index is -3.61. The monoisotopic (exact) mass is 294 g/mol. The van der Waals surface area contributed by atoms with Gasteiger partial charge in [-0.25, -0.2) is 0 Å². The van der Waals surface area contributed by atoms with Gasteiger partial charge in [-0.05, 0) is 36.9 Å². The molecule has 19 heavy (non-hydrogen) atoms. The number of nitrogens with zero attached hydrogens (tertiary/aromatic N) is 1. The van der Waals surface area contributed by atoms with Gasteiger partial charge in [-0.15, -0.1) is 11.3 Å². The lowest BCUT2D eigenvalue weighted by Gasteiger charge is -2.06. The van der Waals surface area contributed by atoms with Crippen molar-refractivity contribution in [3.05, 3.63) is 52.2 Å². The molecule has 0 aliphatic carbocycles. The average Bonchev–Trinajstić information content (AvgIpc) is 2.90. The Bertz CT molecular complexity index is 689. The lowest BCUT2D eigenvalue weighted by Crippen LogP contribution is -2.20. The summed E-state index contributed by atoms with van der Waals surface area (Å²) in [5.74, 6) is 0. The molecule has 0 saturated heterocycles. The molecule has 1 heterocycles. The fraction of sp³-hybridized carbons (Fsp3) is 0.154. The summed E-state index contributed by atoms with van der Waals surface area (Å²) in [7, 11) is -3.61. The van der Waals surface area contributed by atoms with Crippen molar-refractivity contribution < 1.29 is 8.42 Å². The normalized spacial score (nSPS) is 12.4. The van der Waals surface area contributed by atoms with Crippen LogP contribution in [0.5, 0.6) is 0 Å². The summed E-state index contributed by atoms with van der Waals surface area (Å²) in [6, 6.07) is 10.6. The Labute approximate surface area is 116 Å². The van der Waals surface area contributed by atoms with E-state index >= 15 is 0 Å². The van der Waals surface area contributed by atoms with E-state index in [2.05, 4.69) is 9.93 Å². The predicted octanol–water partition coefficient (Wildman–Crippen LogP) is 2.76. The van der Waals surface area contributed by atoms with E-state index in [-0.39, 0.29) is 4.90 Å². The van der Waals surface area contributed by atoms with Crippen molar-refractivity contribution in [3.8, 4) is 0 Å². The molecule has 0 aliphatic rings. The van der Waals surface area contributed by atoms with Crippen LogP contribution in [0.15, 0.2) is 51.8 Å². The Hall–Kier alpha value is -1.66. The van der Waals surface area contributed by atoms with Crippen molar-refractivity contribution in [2.45, 2.75) is 18.7 Å². The van der Waals surface area contributed by atoms with Crippen LogP contribution in [-0.4, -0.2) is 14.1 Å². The molecule has 0 radical (unpaired) electrons. The van der Waals surface area contributed by atoms with Gasteiger partial charge in [0.1, 0.15) is 0 Å². The highest BCUT2D eigenvalue weighted by Gasteiger charge is 2.15. The first-order valence-electron chi connectivity index (χ1n) is 5.66. The maximum absolute atomic E-state index is 12.1. The van der Waals surface area contributed by atoms with E-state index in [1.165, 1.54) is 11.3 Å². The second-order valence-corrected chi connectivity index (χ2v) is 6.61. The SMILES string of the molecule is CC(=NNS(=O)(=O)c1ccccc1C)c1cccs1. The molecule has 0 fully saturated rings. The molecule has 0 aliphatic heterocycles. The predicted molar refractivity (Wildman–Crippen MR) is 78.0 cm³/mol. The van der Waals surface area contributed by atoms with Crippen LogP contribution in [0.4, 0.5) is 0 Å². The maximum atomic E-state index is 12.1. The van der Waals surface area contributed by atoms with Crippen LogP contribution in [0.3, 0.4) is 0 Å². The molecule has 2 aromatic rings. The Morgan fingerprint density at radius 2 is 1.95 bits per heavy atom. The standard InChI is InChI=1S/C13H14N2O2S2/c1-10-6-3-4-8-13(10)19(16,17)15-14-11(2)12-7-5-9-18-12/h3-9,15H,1-2H3. The van der Waals surface area contributed by atoms with Crippen molar-refractivity contribution in [2.75, 3.05) is 0 Å². The molecule has 1 N–H and O–H groups in total. The summed E-state index contributed by atoms with van der Waals surface area (Å²) in [6.45, 7) is 3.52. The topological polar surface area (TPSA) is 58.5 Å². The number of hydrogen-bond donors (Lipinski definition) is 1. The molecule has 2 rings (SSSR count). The van der Waals surface area contributed by atoms with Gasteiger partial charge in [-0.2, -0.15) is 18.4 Å². The summed E-state index contributed by atoms with van der Waals surface area (Å²) in [5, 5.41) is 5.87. The van der Waals surface area contributed by atoms with Crippen LogP contribution in [0, 0.1) is 6.92 Å². The highest BCUT2D eigenvalue weighted by atomic mass is 32.2. The lowest BCUT2D eigenvalue weighted by molar-refractivity contribution is 0.584. The van der Waals surface area contributed by atoms with Crippen LogP contribution in [-0.2, 0) is 10.0 Å². The molecular formula is C13H14N2O2S2. The van der Waals surface area contributed by atoms with Gasteiger partial charge in [0.25, 0.3) is 10.0 Å². The highest BCUT2D eigenvalue weighted by Crippen LogP contribution is 2.14. The van der Waals surface area contributed by atoms with E-state index in [4.69, 9.17) is 0 Å². The summed E-state index contributed by atoms with van der Waals surface area (Å²) in [5.41, 5.74) is 1.34. The zero-order valence-electron chi connectivity index (χ0n) is 10.6. The van der Waals surface area contributed by atoms with E-state index in [0.29, 0.717) is 11.3 Å². The smallest absolute Gasteiger partial charge is 0.200 e. The highest BCUT2D eigenvalue weighted by molar-refractivity contribution is 7.89. The van der Waals surface area contributed by atoms with Gasteiger partial charge in [0.05, 0.1) is 15.5 Å². The first-order valence-corrected chi connectivity index (χ1v) is 8.02. The van der Waals surface area contributed by atoms with Crippen LogP contribution in [0.25, 0.3) is 0 Å². The fourth-order valence-electron chi connectivity index (χ4n) is 1.58. The van der Waals surface area contributed by atoms with E-state index in [0.717, 1.165) is 4.88 Å². The Balaban J connectivity index is 2.24. The van der Waals surface area contributed by atoms with Gasteiger partial charge in [-0.3, -0.25) is 0 Å². The van der Waals surface area contributed by atoms with Gasteiger partial charge in [0.2, 0.25) is 0 Å².